The van der Waals surface area contributed by atoms with Gasteiger partial charge >= 0.3 is 0 Å². The molecule has 20 heavy (non-hydrogen) atoms. The van der Waals surface area contributed by atoms with Crippen LogP contribution in [0.4, 0.5) is 5.82 Å². The molecule has 1 aromatic heterocycles. The molecule has 1 N–H and O–H groups in total. The molecule has 0 radical (unpaired) electrons. The molecular formula is C15H24N4O. The number of hydrogen-bond donors (Lipinski definition) is 1. The first-order valence-electron chi connectivity index (χ1n) is 7.35. The average molecular weight is 276 g/mol. The Balaban J connectivity index is 1.88. The molecular weight excluding hydrogens is 252 g/mol. The van der Waals surface area contributed by atoms with Crippen molar-refractivity contribution in [2.24, 2.45) is 0 Å². The molecule has 0 unspecified atom stereocenters. The Morgan fingerprint density at radius 3 is 2.75 bits per heavy atom. The molecule has 0 saturated carbocycles. The first-order chi connectivity index (χ1) is 9.70. The number of nitrogens with one attached hydrogen (secondary N) is 1. The highest BCUT2D eigenvalue weighted by molar-refractivity contribution is 5.81. The standard InChI is InChI=1S/C15H24N4O/c1-3-16-10-13-6-7-14(17-11-13)18(2)12-15(20)19-8-4-5-9-19/h6-7,11,16H,3-5,8-10,12H2,1-2H3. The molecule has 5 nitrogen and oxygen atoms in total. The summed E-state index contributed by atoms with van der Waals surface area (Å²) in [5.41, 5.74) is 1.16. The fourth-order valence-corrected chi connectivity index (χ4v) is 2.37. The second-order valence-corrected chi connectivity index (χ2v) is 5.25. The van der Waals surface area contributed by atoms with Crippen molar-refractivity contribution in [3.05, 3.63) is 23.9 Å². The highest BCUT2D eigenvalue weighted by atomic mass is 16.2. The molecule has 1 aliphatic heterocycles. The van der Waals surface area contributed by atoms with Crippen LogP contribution in [0.1, 0.15) is 25.3 Å². The van der Waals surface area contributed by atoms with Crippen molar-refractivity contribution in [2.45, 2.75) is 26.3 Å². The van der Waals surface area contributed by atoms with Crippen LogP contribution < -0.4 is 10.2 Å². The van der Waals surface area contributed by atoms with Gasteiger partial charge in [-0.1, -0.05) is 13.0 Å². The lowest BCUT2D eigenvalue weighted by molar-refractivity contribution is -0.128. The molecule has 2 heterocycles. The quantitative estimate of drug-likeness (QED) is 0.849. The third kappa shape index (κ3) is 3.93. The van der Waals surface area contributed by atoms with Gasteiger partial charge < -0.3 is 15.1 Å². The molecule has 0 spiro atoms. The first-order valence-corrected chi connectivity index (χ1v) is 7.35. The molecule has 1 aromatic rings. The summed E-state index contributed by atoms with van der Waals surface area (Å²) < 4.78 is 0. The summed E-state index contributed by atoms with van der Waals surface area (Å²) in [5.74, 6) is 1.04. The predicted molar refractivity (Wildman–Crippen MR) is 80.7 cm³/mol. The number of rotatable bonds is 6. The molecule has 110 valence electrons. The Labute approximate surface area is 121 Å². The van der Waals surface area contributed by atoms with Crippen molar-refractivity contribution in [2.75, 3.05) is 38.1 Å². The fourth-order valence-electron chi connectivity index (χ4n) is 2.37. The van der Waals surface area contributed by atoms with Gasteiger partial charge in [0.1, 0.15) is 5.82 Å². The van der Waals surface area contributed by atoms with Gasteiger partial charge in [0, 0.05) is 32.9 Å². The Bertz CT molecular complexity index is 426. The number of likely N-dealkylation sites (tertiary alicyclic amines) is 1. The lowest BCUT2D eigenvalue weighted by atomic mass is 10.2. The number of likely N-dealkylation sites (N-methyl/N-ethyl adjacent to an activating group) is 1. The van der Waals surface area contributed by atoms with Gasteiger partial charge in [-0.3, -0.25) is 4.79 Å². The number of amides is 1. The molecule has 1 aliphatic rings. The maximum absolute atomic E-state index is 12.1. The van der Waals surface area contributed by atoms with Crippen LogP contribution in [0, 0.1) is 0 Å². The number of aromatic nitrogens is 1. The Hall–Kier alpha value is -1.62. The van der Waals surface area contributed by atoms with Gasteiger partial charge in [0.25, 0.3) is 0 Å². The van der Waals surface area contributed by atoms with Crippen molar-refractivity contribution < 1.29 is 4.79 Å². The molecule has 1 amide bonds. The number of anilines is 1. The Kier molecular flexibility index (Phi) is 5.35. The van der Waals surface area contributed by atoms with Crippen LogP contribution in [0.5, 0.6) is 0 Å². The highest BCUT2D eigenvalue weighted by Gasteiger charge is 2.19. The van der Waals surface area contributed by atoms with Crippen LogP contribution >= 0.6 is 0 Å². The lowest BCUT2D eigenvalue weighted by Gasteiger charge is -2.22. The van der Waals surface area contributed by atoms with E-state index in [0.29, 0.717) is 6.54 Å². The third-order valence-corrected chi connectivity index (χ3v) is 3.61. The average Bonchev–Trinajstić information content (AvgIpc) is 3.00. The Morgan fingerprint density at radius 2 is 2.15 bits per heavy atom. The van der Waals surface area contributed by atoms with Gasteiger partial charge in [-0.25, -0.2) is 4.98 Å². The molecule has 0 aliphatic carbocycles. The van der Waals surface area contributed by atoms with Crippen molar-refractivity contribution in [1.29, 1.82) is 0 Å². The van der Waals surface area contributed by atoms with Crippen molar-refractivity contribution in [1.82, 2.24) is 15.2 Å². The summed E-state index contributed by atoms with van der Waals surface area (Å²) in [6.45, 7) is 6.08. The minimum atomic E-state index is 0.198. The monoisotopic (exact) mass is 276 g/mol. The highest BCUT2D eigenvalue weighted by Crippen LogP contribution is 2.12. The van der Waals surface area contributed by atoms with Crippen LogP contribution in [0.15, 0.2) is 18.3 Å². The predicted octanol–water partition coefficient (Wildman–Crippen LogP) is 1.25. The van der Waals surface area contributed by atoms with E-state index in [9.17, 15) is 4.79 Å². The SMILES string of the molecule is CCNCc1ccc(N(C)CC(=O)N2CCCC2)nc1. The fraction of sp³-hybridized carbons (Fsp3) is 0.600. The van der Waals surface area contributed by atoms with Gasteiger partial charge in [-0.05, 0) is 31.0 Å². The molecule has 2 rings (SSSR count). The lowest BCUT2D eigenvalue weighted by Crippen LogP contribution is -2.37. The number of carbonyl (C=O) groups excluding carboxylic acids is 1. The van der Waals surface area contributed by atoms with Crippen molar-refractivity contribution in [3.63, 3.8) is 0 Å². The van der Waals surface area contributed by atoms with Crippen LogP contribution in [0.25, 0.3) is 0 Å². The first kappa shape index (κ1) is 14.8. The molecule has 0 aromatic carbocycles. The van der Waals surface area contributed by atoms with Crippen LogP contribution in [0.2, 0.25) is 0 Å². The summed E-state index contributed by atoms with van der Waals surface area (Å²) in [7, 11) is 1.92. The van der Waals surface area contributed by atoms with Crippen LogP contribution in [0.3, 0.4) is 0 Å². The summed E-state index contributed by atoms with van der Waals surface area (Å²) in [6.07, 6.45) is 4.13. The second-order valence-electron chi connectivity index (χ2n) is 5.25. The molecule has 1 fully saturated rings. The number of hydrogen-bond acceptors (Lipinski definition) is 4. The van der Waals surface area contributed by atoms with E-state index in [2.05, 4.69) is 23.3 Å². The molecule has 0 bridgehead atoms. The molecule has 5 heteroatoms. The minimum absolute atomic E-state index is 0.198. The smallest absolute Gasteiger partial charge is 0.242 e. The van der Waals surface area contributed by atoms with Gasteiger partial charge in [-0.15, -0.1) is 0 Å². The summed E-state index contributed by atoms with van der Waals surface area (Å²) in [6, 6.07) is 4.03. The van der Waals surface area contributed by atoms with Crippen molar-refractivity contribution >= 4 is 11.7 Å². The van der Waals surface area contributed by atoms with E-state index in [1.54, 1.807) is 0 Å². The van der Waals surface area contributed by atoms with Gasteiger partial charge in [0.15, 0.2) is 0 Å². The zero-order valence-corrected chi connectivity index (χ0v) is 12.4. The second kappa shape index (κ2) is 7.24. The van der Waals surface area contributed by atoms with Gasteiger partial charge in [-0.2, -0.15) is 0 Å². The normalized spacial score (nSPS) is 14.6. The maximum atomic E-state index is 12.1. The van der Waals surface area contributed by atoms with Crippen LogP contribution in [-0.4, -0.2) is 49.0 Å². The van der Waals surface area contributed by atoms with E-state index >= 15 is 0 Å². The van der Waals surface area contributed by atoms with Gasteiger partial charge in [0.2, 0.25) is 5.91 Å². The largest absolute Gasteiger partial charge is 0.350 e. The minimum Gasteiger partial charge on any atom is -0.350 e. The van der Waals surface area contributed by atoms with E-state index in [1.807, 2.05) is 29.1 Å². The number of carbonyl (C=O) groups is 1. The van der Waals surface area contributed by atoms with Gasteiger partial charge in [0.05, 0.1) is 6.54 Å². The zero-order valence-electron chi connectivity index (χ0n) is 12.4. The van der Waals surface area contributed by atoms with E-state index in [1.165, 1.54) is 0 Å². The van der Waals surface area contributed by atoms with Crippen LogP contribution in [-0.2, 0) is 11.3 Å². The van der Waals surface area contributed by atoms with E-state index in [4.69, 9.17) is 0 Å². The summed E-state index contributed by atoms with van der Waals surface area (Å²) in [4.78, 5) is 20.4. The van der Waals surface area contributed by atoms with Crippen molar-refractivity contribution in [3.8, 4) is 0 Å². The maximum Gasteiger partial charge on any atom is 0.242 e. The summed E-state index contributed by atoms with van der Waals surface area (Å²) >= 11 is 0. The zero-order chi connectivity index (χ0) is 14.4. The number of pyridine rings is 1. The Morgan fingerprint density at radius 1 is 1.40 bits per heavy atom. The van der Waals surface area contributed by atoms with E-state index in [-0.39, 0.29) is 5.91 Å². The van der Waals surface area contributed by atoms with E-state index in [0.717, 1.165) is 50.4 Å². The molecule has 1 saturated heterocycles. The van der Waals surface area contributed by atoms with E-state index < -0.39 is 0 Å². The topological polar surface area (TPSA) is 48.5 Å². The summed E-state index contributed by atoms with van der Waals surface area (Å²) in [5, 5.41) is 3.27. The molecule has 0 atom stereocenters. The third-order valence-electron chi connectivity index (χ3n) is 3.61. The number of nitrogens with zero attached hydrogens (tertiary/aromatic N) is 3.